The molecule has 30 heavy (non-hydrogen) atoms. The van der Waals surface area contributed by atoms with Crippen LogP contribution in [0.4, 0.5) is 4.79 Å². The van der Waals surface area contributed by atoms with Gasteiger partial charge in [-0.1, -0.05) is 0 Å². The third kappa shape index (κ3) is 3.34. The van der Waals surface area contributed by atoms with E-state index >= 15 is 0 Å². The molecule has 2 aliphatic rings. The van der Waals surface area contributed by atoms with Crippen molar-refractivity contribution in [1.82, 2.24) is 24.9 Å². The fraction of sp³-hybridized carbons (Fsp3) is 0.400. The lowest BCUT2D eigenvalue weighted by molar-refractivity contribution is -0.126. The molecule has 0 saturated carbocycles. The zero-order valence-electron chi connectivity index (χ0n) is 17.0. The van der Waals surface area contributed by atoms with Gasteiger partial charge in [0.25, 0.3) is 5.91 Å². The number of likely N-dealkylation sites (tertiary alicyclic amines) is 1. The molecule has 1 atom stereocenters. The molecule has 2 aliphatic heterocycles. The molecule has 1 aromatic heterocycles. The van der Waals surface area contributed by atoms with Gasteiger partial charge < -0.3 is 19.7 Å². The molecule has 158 valence electrons. The summed E-state index contributed by atoms with van der Waals surface area (Å²) in [6.07, 6.45) is 0.555. The normalized spacial score (nSPS) is 18.7. The van der Waals surface area contributed by atoms with Crippen LogP contribution >= 0.6 is 0 Å². The van der Waals surface area contributed by atoms with E-state index in [0.717, 1.165) is 0 Å². The van der Waals surface area contributed by atoms with E-state index in [1.165, 1.54) is 9.58 Å². The Balaban J connectivity index is 1.56. The van der Waals surface area contributed by atoms with E-state index < -0.39 is 6.03 Å². The van der Waals surface area contributed by atoms with Crippen LogP contribution in [-0.2, 0) is 11.8 Å². The van der Waals surface area contributed by atoms with E-state index in [2.05, 4.69) is 10.4 Å². The number of carbonyl (C=O) groups excluding carboxylic acids is 3. The summed E-state index contributed by atoms with van der Waals surface area (Å²) in [5.74, 6) is 0.813. The average molecular weight is 413 g/mol. The summed E-state index contributed by atoms with van der Waals surface area (Å²) in [5, 5.41) is 7.00. The molecule has 1 aromatic carbocycles. The number of amides is 4. The smallest absolute Gasteiger partial charge is 0.324 e. The molecule has 0 radical (unpaired) electrons. The third-order valence-corrected chi connectivity index (χ3v) is 5.48. The molecular formula is C20H23N5O5. The highest BCUT2D eigenvalue weighted by atomic mass is 16.5. The number of aryl methyl sites for hydroxylation is 1. The summed E-state index contributed by atoms with van der Waals surface area (Å²) in [6, 6.07) is 6.38. The number of hydrogen-bond acceptors (Lipinski definition) is 6. The Hall–Kier alpha value is -3.56. The van der Waals surface area contributed by atoms with Crippen LogP contribution in [0.5, 0.6) is 11.5 Å². The van der Waals surface area contributed by atoms with Crippen LogP contribution in [0.3, 0.4) is 0 Å². The maximum atomic E-state index is 13.1. The number of aromatic nitrogens is 2. The molecule has 1 unspecified atom stereocenters. The topological polar surface area (TPSA) is 106 Å². The molecule has 4 amide bonds. The maximum absolute atomic E-state index is 13.1. The SMILES string of the molecule is COc1ccc(OC)c(-c2cc(C(=O)N3CCC(N4C(=O)CNC4=O)C3)n(C)n2)c1. The molecule has 0 spiro atoms. The zero-order valence-corrected chi connectivity index (χ0v) is 17.0. The molecule has 2 aromatic rings. The number of ether oxygens (including phenoxy) is 2. The van der Waals surface area contributed by atoms with E-state index in [0.29, 0.717) is 48.0 Å². The standard InChI is InChI=1S/C20H23N5O5/c1-23-16(9-15(22-23)14-8-13(29-2)4-5-17(14)30-3)19(27)24-7-6-12(11-24)25-18(26)10-21-20(25)28/h4-5,8-9,12H,6-7,10-11H2,1-3H3,(H,21,28). The summed E-state index contributed by atoms with van der Waals surface area (Å²) in [5.41, 5.74) is 1.71. The number of urea groups is 1. The van der Waals surface area contributed by atoms with Gasteiger partial charge in [0, 0.05) is 25.7 Å². The molecule has 0 bridgehead atoms. The first kappa shape index (κ1) is 19.7. The summed E-state index contributed by atoms with van der Waals surface area (Å²) >= 11 is 0. The van der Waals surface area contributed by atoms with Crippen LogP contribution in [0.1, 0.15) is 16.9 Å². The van der Waals surface area contributed by atoms with Gasteiger partial charge in [0.05, 0.1) is 32.5 Å². The summed E-state index contributed by atoms with van der Waals surface area (Å²) in [6.45, 7) is 0.779. The van der Waals surface area contributed by atoms with Crippen molar-refractivity contribution >= 4 is 17.8 Å². The van der Waals surface area contributed by atoms with Gasteiger partial charge in [-0.25, -0.2) is 4.79 Å². The monoisotopic (exact) mass is 413 g/mol. The molecular weight excluding hydrogens is 390 g/mol. The van der Waals surface area contributed by atoms with Crippen LogP contribution in [0.25, 0.3) is 11.3 Å². The van der Waals surface area contributed by atoms with Gasteiger partial charge in [-0.15, -0.1) is 0 Å². The summed E-state index contributed by atoms with van der Waals surface area (Å²) < 4.78 is 12.2. The Labute approximate surface area is 173 Å². The van der Waals surface area contributed by atoms with Gasteiger partial charge in [-0.05, 0) is 30.7 Å². The number of nitrogens with one attached hydrogen (secondary N) is 1. The Morgan fingerprint density at radius 1 is 1.20 bits per heavy atom. The van der Waals surface area contributed by atoms with Crippen molar-refractivity contribution in [3.63, 3.8) is 0 Å². The summed E-state index contributed by atoms with van der Waals surface area (Å²) in [7, 11) is 4.85. The second kappa shape index (κ2) is 7.69. The average Bonchev–Trinajstić information content (AvgIpc) is 3.46. The molecule has 2 saturated heterocycles. The minimum Gasteiger partial charge on any atom is -0.497 e. The van der Waals surface area contributed by atoms with Gasteiger partial charge in [0.2, 0.25) is 5.91 Å². The predicted molar refractivity (Wildman–Crippen MR) is 106 cm³/mol. The van der Waals surface area contributed by atoms with Gasteiger partial charge in [-0.3, -0.25) is 19.2 Å². The predicted octanol–water partition coefficient (Wildman–Crippen LogP) is 0.871. The van der Waals surface area contributed by atoms with Gasteiger partial charge in [0.1, 0.15) is 17.2 Å². The number of rotatable bonds is 5. The number of imide groups is 1. The second-order valence-electron chi connectivity index (χ2n) is 7.22. The lowest BCUT2D eigenvalue weighted by atomic mass is 10.1. The quantitative estimate of drug-likeness (QED) is 0.729. The number of methoxy groups -OCH3 is 2. The largest absolute Gasteiger partial charge is 0.497 e. The fourth-order valence-corrected chi connectivity index (χ4v) is 3.92. The molecule has 4 rings (SSSR count). The number of hydrogen-bond donors (Lipinski definition) is 1. The molecule has 10 nitrogen and oxygen atoms in total. The first-order chi connectivity index (χ1) is 14.4. The Bertz CT molecular complexity index is 1000. The number of nitrogens with zero attached hydrogens (tertiary/aromatic N) is 4. The van der Waals surface area contributed by atoms with E-state index in [4.69, 9.17) is 9.47 Å². The van der Waals surface area contributed by atoms with E-state index in [9.17, 15) is 14.4 Å². The number of benzene rings is 1. The number of carbonyl (C=O) groups is 3. The maximum Gasteiger partial charge on any atom is 0.324 e. The minimum absolute atomic E-state index is 0.0107. The van der Waals surface area contributed by atoms with Crippen molar-refractivity contribution in [2.45, 2.75) is 12.5 Å². The van der Waals surface area contributed by atoms with Crippen LogP contribution < -0.4 is 14.8 Å². The second-order valence-corrected chi connectivity index (χ2v) is 7.22. The molecule has 1 N–H and O–H groups in total. The first-order valence-corrected chi connectivity index (χ1v) is 9.58. The highest BCUT2D eigenvalue weighted by Gasteiger charge is 2.40. The van der Waals surface area contributed by atoms with Gasteiger partial charge >= 0.3 is 6.03 Å². The van der Waals surface area contributed by atoms with Crippen LogP contribution in [0, 0.1) is 0 Å². The Morgan fingerprint density at radius 3 is 2.67 bits per heavy atom. The van der Waals surface area contributed by atoms with E-state index in [1.54, 1.807) is 50.4 Å². The minimum atomic E-state index is -0.396. The molecule has 10 heteroatoms. The van der Waals surface area contributed by atoms with Crippen molar-refractivity contribution in [3.8, 4) is 22.8 Å². The van der Waals surface area contributed by atoms with Crippen molar-refractivity contribution in [2.75, 3.05) is 33.9 Å². The van der Waals surface area contributed by atoms with E-state index in [-0.39, 0.29) is 24.4 Å². The highest BCUT2D eigenvalue weighted by molar-refractivity contribution is 6.02. The van der Waals surface area contributed by atoms with Crippen LogP contribution in [0.15, 0.2) is 24.3 Å². The Kier molecular flexibility index (Phi) is 5.06. The van der Waals surface area contributed by atoms with Crippen molar-refractivity contribution in [2.24, 2.45) is 7.05 Å². The van der Waals surface area contributed by atoms with Crippen molar-refractivity contribution in [3.05, 3.63) is 30.0 Å². The van der Waals surface area contributed by atoms with Gasteiger partial charge in [0.15, 0.2) is 0 Å². The van der Waals surface area contributed by atoms with E-state index in [1.807, 2.05) is 0 Å². The lowest BCUT2D eigenvalue weighted by Crippen LogP contribution is -2.43. The highest BCUT2D eigenvalue weighted by Crippen LogP contribution is 2.33. The first-order valence-electron chi connectivity index (χ1n) is 9.58. The van der Waals surface area contributed by atoms with Crippen LogP contribution in [0.2, 0.25) is 0 Å². The molecule has 0 aliphatic carbocycles. The molecule has 3 heterocycles. The summed E-state index contributed by atoms with van der Waals surface area (Å²) in [4.78, 5) is 39.8. The fourth-order valence-electron chi connectivity index (χ4n) is 3.92. The van der Waals surface area contributed by atoms with Crippen LogP contribution in [-0.4, -0.2) is 77.3 Å². The van der Waals surface area contributed by atoms with Crippen molar-refractivity contribution in [1.29, 1.82) is 0 Å². The molecule has 2 fully saturated rings. The zero-order chi connectivity index (χ0) is 21.4. The Morgan fingerprint density at radius 2 is 2.00 bits per heavy atom. The van der Waals surface area contributed by atoms with Crippen molar-refractivity contribution < 1.29 is 23.9 Å². The third-order valence-electron chi connectivity index (χ3n) is 5.48. The lowest BCUT2D eigenvalue weighted by Gasteiger charge is -2.21. The van der Waals surface area contributed by atoms with Gasteiger partial charge in [-0.2, -0.15) is 5.10 Å².